The van der Waals surface area contributed by atoms with Gasteiger partial charge in [-0.1, -0.05) is 26.2 Å². The van der Waals surface area contributed by atoms with Crippen molar-refractivity contribution in [3.05, 3.63) is 28.2 Å². The molecule has 2 N–H and O–H groups in total. The summed E-state index contributed by atoms with van der Waals surface area (Å²) in [4.78, 5) is 12.0. The van der Waals surface area contributed by atoms with E-state index >= 15 is 0 Å². The fraction of sp³-hybridized carbons (Fsp3) is 0.562. The topological polar surface area (TPSA) is 49.3 Å². The lowest BCUT2D eigenvalue weighted by Gasteiger charge is -2.27. The van der Waals surface area contributed by atoms with Crippen LogP contribution in [0.5, 0.6) is 5.75 Å². The van der Waals surface area contributed by atoms with Gasteiger partial charge in [-0.3, -0.25) is 4.79 Å². The number of benzene rings is 1. The Morgan fingerprint density at radius 3 is 2.55 bits per heavy atom. The number of carbonyl (C=O) groups is 1. The van der Waals surface area contributed by atoms with Gasteiger partial charge >= 0.3 is 0 Å². The lowest BCUT2D eigenvalue weighted by atomic mass is 9.81. The van der Waals surface area contributed by atoms with Gasteiger partial charge in [-0.2, -0.15) is 0 Å². The zero-order valence-electron chi connectivity index (χ0n) is 11.9. The fourth-order valence-corrected chi connectivity index (χ4v) is 3.08. The second-order valence-corrected chi connectivity index (χ2v) is 6.53. The second-order valence-electron chi connectivity index (χ2n) is 5.67. The Morgan fingerprint density at radius 2 is 1.95 bits per heavy atom. The lowest BCUT2D eigenvalue weighted by Crippen LogP contribution is -2.31. The van der Waals surface area contributed by atoms with Crippen LogP contribution in [0.25, 0.3) is 0 Å². The predicted octanol–water partition coefficient (Wildman–Crippen LogP) is 4.10. The molecule has 0 atom stereocenters. The monoisotopic (exact) mass is 339 g/mol. The van der Waals surface area contributed by atoms with Crippen molar-refractivity contribution >= 4 is 21.8 Å². The van der Waals surface area contributed by atoms with Crippen molar-refractivity contribution in [2.24, 2.45) is 11.8 Å². The van der Waals surface area contributed by atoms with Crippen LogP contribution in [0.4, 0.5) is 0 Å². The van der Waals surface area contributed by atoms with E-state index in [-0.39, 0.29) is 11.7 Å². The molecule has 1 saturated carbocycles. The van der Waals surface area contributed by atoms with E-state index in [4.69, 9.17) is 0 Å². The smallest absolute Gasteiger partial charge is 0.251 e. The SMILES string of the molecule is CCC1CCC(CNC(=O)c2ccc(Br)c(O)c2)CC1. The van der Waals surface area contributed by atoms with E-state index in [9.17, 15) is 9.90 Å². The van der Waals surface area contributed by atoms with Crippen LogP contribution in [0, 0.1) is 11.8 Å². The molecule has 0 heterocycles. The summed E-state index contributed by atoms with van der Waals surface area (Å²) in [6.07, 6.45) is 6.28. The average molecular weight is 340 g/mol. The van der Waals surface area contributed by atoms with Crippen molar-refractivity contribution in [3.8, 4) is 5.75 Å². The van der Waals surface area contributed by atoms with Crippen LogP contribution >= 0.6 is 15.9 Å². The number of phenolic OH excluding ortho intramolecular Hbond substituents is 1. The first kappa shape index (κ1) is 15.4. The van der Waals surface area contributed by atoms with Gasteiger partial charge in [0.1, 0.15) is 5.75 Å². The number of nitrogens with one attached hydrogen (secondary N) is 1. The fourth-order valence-electron chi connectivity index (χ4n) is 2.84. The molecule has 1 fully saturated rings. The highest BCUT2D eigenvalue weighted by Gasteiger charge is 2.20. The molecule has 0 spiro atoms. The first-order valence-corrected chi connectivity index (χ1v) is 8.16. The van der Waals surface area contributed by atoms with Gasteiger partial charge in [0.05, 0.1) is 4.47 Å². The Bertz CT molecular complexity index is 468. The Hall–Kier alpha value is -1.03. The van der Waals surface area contributed by atoms with Crippen LogP contribution < -0.4 is 5.32 Å². The van der Waals surface area contributed by atoms with Gasteiger partial charge in [0.25, 0.3) is 5.91 Å². The first-order chi connectivity index (χ1) is 9.60. The molecule has 110 valence electrons. The number of hydrogen-bond donors (Lipinski definition) is 2. The molecule has 0 aliphatic heterocycles. The Morgan fingerprint density at radius 1 is 1.30 bits per heavy atom. The molecule has 3 nitrogen and oxygen atoms in total. The minimum Gasteiger partial charge on any atom is -0.507 e. The standard InChI is InChI=1S/C16H22BrNO2/c1-2-11-3-5-12(6-4-11)10-18-16(20)13-7-8-14(17)15(19)9-13/h7-9,11-12,19H,2-6,10H2,1H3,(H,18,20). The first-order valence-electron chi connectivity index (χ1n) is 7.36. The Kier molecular flexibility index (Phi) is 5.46. The van der Waals surface area contributed by atoms with E-state index in [1.807, 2.05) is 0 Å². The third kappa shape index (κ3) is 3.98. The summed E-state index contributed by atoms with van der Waals surface area (Å²) in [6, 6.07) is 4.90. The largest absolute Gasteiger partial charge is 0.507 e. The molecule has 1 aliphatic carbocycles. The maximum absolute atomic E-state index is 12.0. The number of amides is 1. The Labute approximate surface area is 128 Å². The van der Waals surface area contributed by atoms with E-state index in [0.29, 0.717) is 16.0 Å². The summed E-state index contributed by atoms with van der Waals surface area (Å²) in [5.74, 6) is 1.47. The molecule has 1 aromatic rings. The van der Waals surface area contributed by atoms with Crippen LogP contribution in [0.2, 0.25) is 0 Å². The van der Waals surface area contributed by atoms with E-state index in [2.05, 4.69) is 28.2 Å². The number of aromatic hydroxyl groups is 1. The van der Waals surface area contributed by atoms with Crippen molar-refractivity contribution < 1.29 is 9.90 Å². The van der Waals surface area contributed by atoms with Crippen molar-refractivity contribution in [1.29, 1.82) is 0 Å². The zero-order chi connectivity index (χ0) is 14.5. The van der Waals surface area contributed by atoms with Crippen LogP contribution in [0.1, 0.15) is 49.4 Å². The molecule has 2 rings (SSSR count). The molecule has 0 unspecified atom stereocenters. The molecule has 0 radical (unpaired) electrons. The second kappa shape index (κ2) is 7.11. The molecule has 1 amide bonds. The van der Waals surface area contributed by atoms with Gasteiger partial charge in [-0.05, 0) is 58.8 Å². The van der Waals surface area contributed by atoms with Gasteiger partial charge in [-0.15, -0.1) is 0 Å². The van der Waals surface area contributed by atoms with E-state index in [1.54, 1.807) is 12.1 Å². The number of phenols is 1. The van der Waals surface area contributed by atoms with Crippen LogP contribution in [-0.4, -0.2) is 17.6 Å². The number of hydrogen-bond acceptors (Lipinski definition) is 2. The molecular formula is C16H22BrNO2. The molecule has 0 aromatic heterocycles. The van der Waals surface area contributed by atoms with Gasteiger partial charge in [0, 0.05) is 12.1 Å². The summed E-state index contributed by atoms with van der Waals surface area (Å²) >= 11 is 3.21. The summed E-state index contributed by atoms with van der Waals surface area (Å²) in [5, 5.41) is 12.6. The van der Waals surface area contributed by atoms with Gasteiger partial charge < -0.3 is 10.4 Å². The van der Waals surface area contributed by atoms with E-state index in [1.165, 1.54) is 38.2 Å². The summed E-state index contributed by atoms with van der Waals surface area (Å²) in [7, 11) is 0. The minimum absolute atomic E-state index is 0.0982. The van der Waals surface area contributed by atoms with Gasteiger partial charge in [-0.25, -0.2) is 0 Å². The average Bonchev–Trinajstić information content (AvgIpc) is 2.48. The van der Waals surface area contributed by atoms with Crippen molar-refractivity contribution in [2.45, 2.75) is 39.0 Å². The van der Waals surface area contributed by atoms with E-state index < -0.39 is 0 Å². The molecule has 0 bridgehead atoms. The van der Waals surface area contributed by atoms with Crippen molar-refractivity contribution in [2.75, 3.05) is 6.54 Å². The normalized spacial score (nSPS) is 22.5. The van der Waals surface area contributed by atoms with Crippen LogP contribution in [-0.2, 0) is 0 Å². The molecule has 1 aliphatic rings. The molecule has 4 heteroatoms. The number of halogens is 1. The summed E-state index contributed by atoms with van der Waals surface area (Å²) < 4.78 is 0.604. The quantitative estimate of drug-likeness (QED) is 0.867. The summed E-state index contributed by atoms with van der Waals surface area (Å²) in [6.45, 7) is 3.00. The van der Waals surface area contributed by atoms with Crippen molar-refractivity contribution in [1.82, 2.24) is 5.32 Å². The van der Waals surface area contributed by atoms with Gasteiger partial charge in [0.15, 0.2) is 0 Å². The van der Waals surface area contributed by atoms with Crippen LogP contribution in [0.3, 0.4) is 0 Å². The molecule has 1 aromatic carbocycles. The maximum Gasteiger partial charge on any atom is 0.251 e. The maximum atomic E-state index is 12.0. The highest BCUT2D eigenvalue weighted by Crippen LogP contribution is 2.30. The number of rotatable bonds is 4. The minimum atomic E-state index is -0.106. The van der Waals surface area contributed by atoms with Gasteiger partial charge in [0.2, 0.25) is 0 Å². The van der Waals surface area contributed by atoms with E-state index in [0.717, 1.165) is 12.5 Å². The highest BCUT2D eigenvalue weighted by molar-refractivity contribution is 9.10. The lowest BCUT2D eigenvalue weighted by molar-refractivity contribution is 0.0941. The molecule has 0 saturated heterocycles. The highest BCUT2D eigenvalue weighted by atomic mass is 79.9. The van der Waals surface area contributed by atoms with Crippen molar-refractivity contribution in [3.63, 3.8) is 0 Å². The van der Waals surface area contributed by atoms with Crippen LogP contribution in [0.15, 0.2) is 22.7 Å². The zero-order valence-corrected chi connectivity index (χ0v) is 13.4. The Balaban J connectivity index is 1.82. The summed E-state index contributed by atoms with van der Waals surface area (Å²) in [5.41, 5.74) is 0.507. The number of carbonyl (C=O) groups excluding carboxylic acids is 1. The predicted molar refractivity (Wildman–Crippen MR) is 83.9 cm³/mol. The third-order valence-corrected chi connectivity index (χ3v) is 4.97. The molecular weight excluding hydrogens is 318 g/mol. The third-order valence-electron chi connectivity index (χ3n) is 4.30. The molecule has 20 heavy (non-hydrogen) atoms.